The molecular weight excluding hydrogens is 423 g/mol. The van der Waals surface area contributed by atoms with Crippen LogP contribution < -0.4 is 4.74 Å². The Morgan fingerprint density at radius 1 is 0.778 bits per heavy atom. The van der Waals surface area contributed by atoms with Crippen molar-refractivity contribution in [2.24, 2.45) is 0 Å². The molecule has 0 fully saturated rings. The molecule has 0 aliphatic carbocycles. The summed E-state index contributed by atoms with van der Waals surface area (Å²) >= 11 is 0. The van der Waals surface area contributed by atoms with Crippen LogP contribution in [0, 0.1) is 5.82 Å². The first-order valence-electron chi connectivity index (χ1n) is 6.06. The summed E-state index contributed by atoms with van der Waals surface area (Å²) in [6, 6.07) is -0.840. The summed E-state index contributed by atoms with van der Waals surface area (Å²) in [4.78, 5) is 11.3. The Morgan fingerprint density at radius 3 is 1.63 bits per heavy atom. The number of carbonyl (C=O) groups is 1. The normalized spacial score (nSPS) is 14.3. The van der Waals surface area contributed by atoms with E-state index in [0.717, 1.165) is 0 Å². The van der Waals surface area contributed by atoms with Gasteiger partial charge in [0.15, 0.2) is 11.6 Å². The van der Waals surface area contributed by atoms with Gasteiger partial charge in [-0.05, 0) is 18.2 Å². The molecule has 0 saturated heterocycles. The van der Waals surface area contributed by atoms with Gasteiger partial charge in [0.25, 0.3) is 0 Å². The van der Waals surface area contributed by atoms with Gasteiger partial charge in [-0.25, -0.2) is 4.39 Å². The van der Waals surface area contributed by atoms with E-state index in [9.17, 15) is 61.9 Å². The van der Waals surface area contributed by atoms with Gasteiger partial charge in [-0.3, -0.25) is 4.79 Å². The van der Waals surface area contributed by atoms with Crippen LogP contribution in [-0.4, -0.2) is 36.1 Å². The van der Waals surface area contributed by atoms with Gasteiger partial charge in [-0.2, -0.15) is 39.5 Å². The number of rotatable bonds is 5. The smallest absolute Gasteiger partial charge is 0.403 e. The van der Waals surface area contributed by atoms with E-state index < -0.39 is 59.3 Å². The Balaban J connectivity index is 3.33. The topological polar surface area (TPSA) is 26.3 Å². The van der Waals surface area contributed by atoms with E-state index in [1.807, 2.05) is 0 Å². The van der Waals surface area contributed by atoms with Crippen LogP contribution in [0.5, 0.6) is 5.75 Å². The molecule has 0 bridgehead atoms. The monoisotopic (exact) mass is 426 g/mol. The van der Waals surface area contributed by atoms with Crippen molar-refractivity contribution < 1.29 is 66.6 Å². The molecule has 0 unspecified atom stereocenters. The average Bonchev–Trinajstić information content (AvgIpc) is 2.45. The standard InChI is InChI=1S/C12H3F13O2/c13-5-3-4(1-2-6(5)27-12(23,24)25)7(26)8(14,15)9(16,17)10(18,19)11(20,21)22/h1-3H. The molecule has 0 N–H and O–H groups in total. The highest BCUT2D eigenvalue weighted by atomic mass is 19.4. The molecule has 0 aromatic heterocycles. The molecule has 2 nitrogen and oxygen atoms in total. The van der Waals surface area contributed by atoms with E-state index >= 15 is 0 Å². The fourth-order valence-electron chi connectivity index (χ4n) is 1.55. The van der Waals surface area contributed by atoms with E-state index in [1.54, 1.807) is 0 Å². The minimum atomic E-state index is -7.36. The van der Waals surface area contributed by atoms with E-state index in [0.29, 0.717) is 0 Å². The van der Waals surface area contributed by atoms with Gasteiger partial charge in [-0.15, -0.1) is 13.2 Å². The maximum atomic E-state index is 13.4. The Labute approximate surface area is 139 Å². The zero-order chi connectivity index (χ0) is 21.6. The molecule has 154 valence electrons. The van der Waals surface area contributed by atoms with Crippen molar-refractivity contribution in [2.45, 2.75) is 30.3 Å². The number of Topliss-reactive ketones (excluding diaryl/α,β-unsaturated/α-hetero) is 1. The summed E-state index contributed by atoms with van der Waals surface area (Å²) in [5, 5.41) is 0. The summed E-state index contributed by atoms with van der Waals surface area (Å²) < 4.78 is 166. The van der Waals surface area contributed by atoms with Gasteiger partial charge in [0.05, 0.1) is 0 Å². The van der Waals surface area contributed by atoms with Gasteiger partial charge in [0, 0.05) is 5.56 Å². The lowest BCUT2D eigenvalue weighted by atomic mass is 9.95. The lowest BCUT2D eigenvalue weighted by Gasteiger charge is -2.32. The summed E-state index contributed by atoms with van der Waals surface area (Å²) in [5.41, 5.74) is -1.91. The van der Waals surface area contributed by atoms with E-state index in [1.165, 1.54) is 0 Å². The second-order valence-corrected chi connectivity index (χ2v) is 4.74. The van der Waals surface area contributed by atoms with Gasteiger partial charge in [-0.1, -0.05) is 0 Å². The fraction of sp³-hybridized carbons (Fsp3) is 0.417. The van der Waals surface area contributed by atoms with Crippen LogP contribution in [0.25, 0.3) is 0 Å². The molecule has 27 heavy (non-hydrogen) atoms. The highest BCUT2D eigenvalue weighted by Crippen LogP contribution is 2.53. The first-order valence-corrected chi connectivity index (χ1v) is 6.06. The minimum Gasteiger partial charge on any atom is -0.403 e. The highest BCUT2D eigenvalue weighted by Gasteiger charge is 2.83. The van der Waals surface area contributed by atoms with Gasteiger partial charge < -0.3 is 4.74 Å². The first kappa shape index (κ1) is 22.8. The van der Waals surface area contributed by atoms with Gasteiger partial charge in [0.1, 0.15) is 0 Å². The first-order chi connectivity index (χ1) is 11.8. The van der Waals surface area contributed by atoms with Crippen LogP contribution in [0.15, 0.2) is 18.2 Å². The van der Waals surface area contributed by atoms with Crippen LogP contribution in [0.4, 0.5) is 57.1 Å². The van der Waals surface area contributed by atoms with E-state index in [2.05, 4.69) is 4.74 Å². The average molecular weight is 426 g/mol. The predicted octanol–water partition coefficient (Wildman–Crippen LogP) is 5.38. The summed E-state index contributed by atoms with van der Waals surface area (Å²) in [7, 11) is 0. The second kappa shape index (κ2) is 6.44. The molecule has 0 radical (unpaired) electrons. The fourth-order valence-corrected chi connectivity index (χ4v) is 1.55. The Morgan fingerprint density at radius 2 is 1.26 bits per heavy atom. The van der Waals surface area contributed by atoms with Crippen molar-refractivity contribution >= 4 is 5.78 Å². The molecule has 0 amide bonds. The van der Waals surface area contributed by atoms with Crippen molar-refractivity contribution in [3.05, 3.63) is 29.6 Å². The zero-order valence-electron chi connectivity index (χ0n) is 12.0. The molecule has 0 heterocycles. The molecule has 0 spiro atoms. The summed E-state index contributed by atoms with van der Waals surface area (Å²) in [6.07, 6.45) is -12.7. The number of ketones is 1. The molecule has 1 aromatic carbocycles. The molecule has 1 aromatic rings. The summed E-state index contributed by atoms with van der Waals surface area (Å²) in [5.74, 6) is -28.7. The summed E-state index contributed by atoms with van der Waals surface area (Å²) in [6.45, 7) is 0. The Bertz CT molecular complexity index is 717. The van der Waals surface area contributed by atoms with Crippen LogP contribution in [0.3, 0.4) is 0 Å². The lowest BCUT2D eigenvalue weighted by Crippen LogP contribution is -2.63. The van der Waals surface area contributed by atoms with Crippen LogP contribution in [0.2, 0.25) is 0 Å². The van der Waals surface area contributed by atoms with Crippen LogP contribution in [-0.2, 0) is 0 Å². The van der Waals surface area contributed by atoms with Crippen LogP contribution >= 0.6 is 0 Å². The third kappa shape index (κ3) is 4.05. The number of benzene rings is 1. The highest BCUT2D eigenvalue weighted by molar-refractivity contribution is 6.02. The predicted molar refractivity (Wildman–Crippen MR) is 58.3 cm³/mol. The van der Waals surface area contributed by atoms with Crippen LogP contribution in [0.1, 0.15) is 10.4 Å². The number of hydrogen-bond acceptors (Lipinski definition) is 2. The van der Waals surface area contributed by atoms with Crippen molar-refractivity contribution in [3.63, 3.8) is 0 Å². The molecule has 0 aliphatic heterocycles. The number of ether oxygens (including phenoxy) is 1. The lowest BCUT2D eigenvalue weighted by molar-refractivity contribution is -0.386. The molecule has 0 aliphatic rings. The number of carbonyl (C=O) groups excluding carboxylic acids is 1. The van der Waals surface area contributed by atoms with Crippen molar-refractivity contribution in [1.29, 1.82) is 0 Å². The number of alkyl halides is 12. The van der Waals surface area contributed by atoms with E-state index in [-0.39, 0.29) is 12.1 Å². The molecule has 0 saturated carbocycles. The Kier molecular flexibility index (Phi) is 5.44. The Hall–Kier alpha value is -2.22. The maximum absolute atomic E-state index is 13.4. The minimum absolute atomic E-state index is 0.147. The SMILES string of the molecule is O=C(c1ccc(OC(F)(F)F)c(F)c1)C(F)(F)C(F)(F)C(F)(F)C(F)(F)F. The molecular formula is C12H3F13O2. The zero-order valence-corrected chi connectivity index (χ0v) is 12.0. The number of halogens is 13. The second-order valence-electron chi connectivity index (χ2n) is 4.74. The molecule has 15 heteroatoms. The van der Waals surface area contributed by atoms with E-state index in [4.69, 9.17) is 0 Å². The van der Waals surface area contributed by atoms with Gasteiger partial charge in [0.2, 0.25) is 5.78 Å². The van der Waals surface area contributed by atoms with Crippen molar-refractivity contribution in [1.82, 2.24) is 0 Å². The molecule has 1 rings (SSSR count). The van der Waals surface area contributed by atoms with Crippen molar-refractivity contribution in [3.8, 4) is 5.75 Å². The van der Waals surface area contributed by atoms with Crippen molar-refractivity contribution in [2.75, 3.05) is 0 Å². The third-order valence-electron chi connectivity index (χ3n) is 2.85. The maximum Gasteiger partial charge on any atom is 0.573 e. The largest absolute Gasteiger partial charge is 0.573 e. The molecule has 0 atom stereocenters. The quantitative estimate of drug-likeness (QED) is 0.467. The third-order valence-corrected chi connectivity index (χ3v) is 2.85. The number of hydrogen-bond donors (Lipinski definition) is 0. The van der Waals surface area contributed by atoms with Gasteiger partial charge >= 0.3 is 30.3 Å².